The molecular weight excluding hydrogens is 170 g/mol. The number of hydrogen-bond acceptors (Lipinski definition) is 4. The molecule has 0 spiro atoms. The minimum atomic E-state index is -0.608. The molecule has 1 aromatic heterocycles. The molecule has 0 saturated heterocycles. The van der Waals surface area contributed by atoms with Crippen LogP contribution in [0.3, 0.4) is 0 Å². The highest BCUT2D eigenvalue weighted by Crippen LogP contribution is 2.06. The maximum atomic E-state index is 10.7. The third-order valence-electron chi connectivity index (χ3n) is 1.38. The maximum absolute atomic E-state index is 10.7. The van der Waals surface area contributed by atoms with Crippen LogP contribution in [0.15, 0.2) is 30.5 Å². The second-order valence-electron chi connectivity index (χ2n) is 2.27. The molecule has 0 radical (unpaired) electrons. The molecule has 0 atom stereocenters. The fourth-order valence-corrected chi connectivity index (χ4v) is 0.759. The molecule has 0 aliphatic carbocycles. The fourth-order valence-electron chi connectivity index (χ4n) is 0.759. The number of esters is 1. The zero-order chi connectivity index (χ0) is 9.68. The Hall–Kier alpha value is -1.84. The summed E-state index contributed by atoms with van der Waals surface area (Å²) in [5, 5.41) is 9.32. The van der Waals surface area contributed by atoms with Crippen LogP contribution in [-0.2, 0) is 9.53 Å². The van der Waals surface area contributed by atoms with Gasteiger partial charge in [0.1, 0.15) is 11.5 Å². The van der Waals surface area contributed by atoms with E-state index in [-0.39, 0.29) is 5.76 Å². The van der Waals surface area contributed by atoms with Gasteiger partial charge in [-0.25, -0.2) is 4.79 Å². The molecule has 0 aliphatic heterocycles. The number of hydrogen-bond donors (Lipinski definition) is 1. The standard InChI is InChI=1S/C9H9NO3/c1-13-9(12)6-8(11)7-4-2-3-5-10-7/h2-6,11H,1H3. The smallest absolute Gasteiger partial charge is 0.334 e. The van der Waals surface area contributed by atoms with E-state index >= 15 is 0 Å². The molecule has 0 saturated carbocycles. The number of rotatable bonds is 2. The van der Waals surface area contributed by atoms with Crippen LogP contribution in [0.4, 0.5) is 0 Å². The molecule has 1 aromatic rings. The molecule has 4 heteroatoms. The summed E-state index contributed by atoms with van der Waals surface area (Å²) >= 11 is 0. The van der Waals surface area contributed by atoms with Crippen LogP contribution >= 0.6 is 0 Å². The molecule has 1 N–H and O–H groups in total. The number of pyridine rings is 1. The van der Waals surface area contributed by atoms with E-state index in [9.17, 15) is 9.90 Å². The van der Waals surface area contributed by atoms with Crippen molar-refractivity contribution in [1.29, 1.82) is 0 Å². The van der Waals surface area contributed by atoms with Crippen LogP contribution in [0.1, 0.15) is 5.69 Å². The lowest BCUT2D eigenvalue weighted by molar-refractivity contribution is -0.134. The number of aromatic nitrogens is 1. The van der Waals surface area contributed by atoms with Crippen molar-refractivity contribution in [3.8, 4) is 0 Å². The molecule has 68 valence electrons. The Morgan fingerprint density at radius 2 is 2.38 bits per heavy atom. The van der Waals surface area contributed by atoms with Crippen molar-refractivity contribution >= 4 is 11.7 Å². The summed E-state index contributed by atoms with van der Waals surface area (Å²) in [4.78, 5) is 14.5. The van der Waals surface area contributed by atoms with E-state index in [0.29, 0.717) is 5.69 Å². The minimum Gasteiger partial charge on any atom is -0.505 e. The summed E-state index contributed by atoms with van der Waals surface area (Å²) in [6.07, 6.45) is 2.50. The van der Waals surface area contributed by atoms with E-state index in [1.807, 2.05) is 0 Å². The molecule has 1 heterocycles. The van der Waals surface area contributed by atoms with E-state index in [1.165, 1.54) is 13.3 Å². The van der Waals surface area contributed by atoms with E-state index in [0.717, 1.165) is 6.08 Å². The van der Waals surface area contributed by atoms with Crippen LogP contribution in [0.5, 0.6) is 0 Å². The zero-order valence-corrected chi connectivity index (χ0v) is 7.10. The van der Waals surface area contributed by atoms with Crippen LogP contribution in [0.25, 0.3) is 5.76 Å². The third kappa shape index (κ3) is 2.59. The second kappa shape index (κ2) is 4.25. The van der Waals surface area contributed by atoms with Crippen molar-refractivity contribution in [2.75, 3.05) is 7.11 Å². The first kappa shape index (κ1) is 9.25. The number of carbonyl (C=O) groups is 1. The summed E-state index contributed by atoms with van der Waals surface area (Å²) in [5.74, 6) is -0.810. The van der Waals surface area contributed by atoms with Crippen LogP contribution < -0.4 is 0 Å². The van der Waals surface area contributed by atoms with Gasteiger partial charge in [-0.2, -0.15) is 0 Å². The van der Waals surface area contributed by atoms with Crippen molar-refractivity contribution in [2.24, 2.45) is 0 Å². The SMILES string of the molecule is COC(=O)C=C(O)c1ccccn1. The number of carbonyl (C=O) groups excluding carboxylic acids is 1. The first-order chi connectivity index (χ1) is 6.24. The van der Waals surface area contributed by atoms with Gasteiger partial charge in [0.25, 0.3) is 0 Å². The molecular formula is C9H9NO3. The van der Waals surface area contributed by atoms with E-state index in [4.69, 9.17) is 0 Å². The van der Waals surface area contributed by atoms with Gasteiger partial charge in [0, 0.05) is 6.20 Å². The highest BCUT2D eigenvalue weighted by Gasteiger charge is 2.02. The molecule has 0 aromatic carbocycles. The van der Waals surface area contributed by atoms with Crippen LogP contribution in [0.2, 0.25) is 0 Å². The van der Waals surface area contributed by atoms with Gasteiger partial charge in [0.2, 0.25) is 0 Å². The van der Waals surface area contributed by atoms with Crippen LogP contribution in [-0.4, -0.2) is 23.2 Å². The van der Waals surface area contributed by atoms with Crippen LogP contribution in [0, 0.1) is 0 Å². The predicted molar refractivity (Wildman–Crippen MR) is 46.9 cm³/mol. The van der Waals surface area contributed by atoms with Crippen molar-refractivity contribution in [3.63, 3.8) is 0 Å². The Morgan fingerprint density at radius 1 is 1.62 bits per heavy atom. The molecule has 13 heavy (non-hydrogen) atoms. The molecule has 0 aliphatic rings. The molecule has 0 bridgehead atoms. The first-order valence-corrected chi connectivity index (χ1v) is 3.64. The number of aliphatic hydroxyl groups is 1. The van der Waals surface area contributed by atoms with Gasteiger partial charge in [0.05, 0.1) is 13.2 Å². The van der Waals surface area contributed by atoms with Gasteiger partial charge < -0.3 is 9.84 Å². The number of aliphatic hydroxyl groups excluding tert-OH is 1. The van der Waals surface area contributed by atoms with Gasteiger partial charge in [-0.1, -0.05) is 6.07 Å². The second-order valence-corrected chi connectivity index (χ2v) is 2.27. The Bertz CT molecular complexity index is 319. The van der Waals surface area contributed by atoms with Gasteiger partial charge in [-0.3, -0.25) is 4.98 Å². The van der Waals surface area contributed by atoms with E-state index < -0.39 is 5.97 Å². The Kier molecular flexibility index (Phi) is 3.03. The molecule has 0 unspecified atom stereocenters. The normalized spacial score (nSPS) is 11.0. The van der Waals surface area contributed by atoms with Gasteiger partial charge in [-0.05, 0) is 12.1 Å². The third-order valence-corrected chi connectivity index (χ3v) is 1.38. The lowest BCUT2D eigenvalue weighted by atomic mass is 10.3. The Labute approximate surface area is 75.5 Å². The largest absolute Gasteiger partial charge is 0.505 e. The Balaban J connectivity index is 2.85. The number of methoxy groups -OCH3 is 1. The average molecular weight is 179 g/mol. The first-order valence-electron chi connectivity index (χ1n) is 3.64. The predicted octanol–water partition coefficient (Wildman–Crippen LogP) is 1.15. The number of nitrogens with zero attached hydrogens (tertiary/aromatic N) is 1. The zero-order valence-electron chi connectivity index (χ0n) is 7.10. The molecule has 0 fully saturated rings. The highest BCUT2D eigenvalue weighted by atomic mass is 16.5. The summed E-state index contributed by atoms with van der Waals surface area (Å²) in [6, 6.07) is 5.02. The summed E-state index contributed by atoms with van der Waals surface area (Å²) < 4.78 is 4.34. The quantitative estimate of drug-likeness (QED) is 0.420. The average Bonchev–Trinajstić information content (AvgIpc) is 2.19. The van der Waals surface area contributed by atoms with Crippen molar-refractivity contribution in [3.05, 3.63) is 36.2 Å². The topological polar surface area (TPSA) is 59.4 Å². The lowest BCUT2D eigenvalue weighted by Crippen LogP contribution is -1.97. The van der Waals surface area contributed by atoms with Crippen molar-refractivity contribution in [2.45, 2.75) is 0 Å². The summed E-state index contributed by atoms with van der Waals surface area (Å²) in [5.41, 5.74) is 0.341. The summed E-state index contributed by atoms with van der Waals surface area (Å²) in [6.45, 7) is 0. The van der Waals surface area contributed by atoms with Gasteiger partial charge in [0.15, 0.2) is 0 Å². The van der Waals surface area contributed by atoms with E-state index in [2.05, 4.69) is 9.72 Å². The Morgan fingerprint density at radius 3 is 2.92 bits per heavy atom. The molecule has 4 nitrogen and oxygen atoms in total. The number of ether oxygens (including phenoxy) is 1. The van der Waals surface area contributed by atoms with E-state index in [1.54, 1.807) is 18.2 Å². The minimum absolute atomic E-state index is 0.201. The fraction of sp³-hybridized carbons (Fsp3) is 0.111. The maximum Gasteiger partial charge on any atom is 0.334 e. The van der Waals surface area contributed by atoms with Crippen molar-refractivity contribution < 1.29 is 14.6 Å². The highest BCUT2D eigenvalue weighted by molar-refractivity contribution is 5.88. The van der Waals surface area contributed by atoms with Gasteiger partial charge >= 0.3 is 5.97 Å². The monoisotopic (exact) mass is 179 g/mol. The van der Waals surface area contributed by atoms with Crippen molar-refractivity contribution in [1.82, 2.24) is 4.98 Å². The van der Waals surface area contributed by atoms with Gasteiger partial charge in [-0.15, -0.1) is 0 Å². The molecule has 1 rings (SSSR count). The lowest BCUT2D eigenvalue weighted by Gasteiger charge is -1.97. The summed E-state index contributed by atoms with van der Waals surface area (Å²) in [7, 11) is 1.24. The molecule has 0 amide bonds.